The Morgan fingerprint density at radius 3 is 2.69 bits per heavy atom. The lowest BCUT2D eigenvalue weighted by Gasteiger charge is -2.29. The maximum absolute atomic E-state index is 13.6. The van der Waals surface area contributed by atoms with Gasteiger partial charge in [-0.1, -0.05) is 30.3 Å². The molecule has 0 bridgehead atoms. The molecule has 1 atom stereocenters. The van der Waals surface area contributed by atoms with E-state index in [1.165, 1.54) is 22.3 Å². The SMILES string of the molecule is O=C(Cn1c(-c2ccc(F)cc2)nc2c(c1=O)CCN(Cc1ccccc1)C2)NC[C@H]1CCCO1. The van der Waals surface area contributed by atoms with Crippen molar-refractivity contribution in [2.24, 2.45) is 0 Å². The Hall–Kier alpha value is -3.36. The minimum Gasteiger partial charge on any atom is -0.376 e. The number of hydrogen-bond donors (Lipinski definition) is 1. The van der Waals surface area contributed by atoms with Crippen LogP contribution in [-0.2, 0) is 35.6 Å². The molecule has 2 aliphatic heterocycles. The summed E-state index contributed by atoms with van der Waals surface area (Å²) in [6, 6.07) is 16.0. The van der Waals surface area contributed by atoms with Crippen molar-refractivity contribution in [2.45, 2.75) is 45.0 Å². The third kappa shape index (κ3) is 5.49. The number of fused-ring (bicyclic) bond motifs is 1. The lowest BCUT2D eigenvalue weighted by Crippen LogP contribution is -2.41. The van der Waals surface area contributed by atoms with E-state index in [1.54, 1.807) is 12.1 Å². The predicted molar refractivity (Wildman–Crippen MR) is 130 cm³/mol. The lowest BCUT2D eigenvalue weighted by atomic mass is 10.0. The minimum absolute atomic E-state index is 0.0181. The molecule has 3 aromatic rings. The molecule has 35 heavy (non-hydrogen) atoms. The highest BCUT2D eigenvalue weighted by Crippen LogP contribution is 2.22. The highest BCUT2D eigenvalue weighted by atomic mass is 19.1. The lowest BCUT2D eigenvalue weighted by molar-refractivity contribution is -0.122. The van der Waals surface area contributed by atoms with Crippen LogP contribution in [0.2, 0.25) is 0 Å². The van der Waals surface area contributed by atoms with Gasteiger partial charge in [0.05, 0.1) is 11.8 Å². The molecule has 3 heterocycles. The molecule has 0 spiro atoms. The number of benzene rings is 2. The first kappa shape index (κ1) is 23.4. The number of amides is 1. The van der Waals surface area contributed by atoms with Gasteiger partial charge in [-0.25, -0.2) is 9.37 Å². The van der Waals surface area contributed by atoms with Crippen molar-refractivity contribution in [3.8, 4) is 11.4 Å². The first-order chi connectivity index (χ1) is 17.1. The summed E-state index contributed by atoms with van der Waals surface area (Å²) >= 11 is 0. The fraction of sp³-hybridized carbons (Fsp3) is 0.370. The predicted octanol–water partition coefficient (Wildman–Crippen LogP) is 2.90. The molecule has 0 saturated carbocycles. The van der Waals surface area contributed by atoms with Crippen molar-refractivity contribution in [3.05, 3.63) is 87.6 Å². The van der Waals surface area contributed by atoms with Crippen molar-refractivity contribution in [1.82, 2.24) is 19.8 Å². The Kier molecular flexibility index (Phi) is 7.01. The largest absolute Gasteiger partial charge is 0.376 e. The average Bonchev–Trinajstić information content (AvgIpc) is 3.39. The number of aromatic nitrogens is 2. The molecule has 1 N–H and O–H groups in total. The highest BCUT2D eigenvalue weighted by Gasteiger charge is 2.25. The average molecular weight is 477 g/mol. The number of carbonyl (C=O) groups excluding carboxylic acids is 1. The standard InChI is InChI=1S/C27H29FN4O3/c28-21-10-8-20(9-11-21)26-30-24-17-31(16-19-5-2-1-3-6-19)13-12-23(24)27(34)32(26)18-25(33)29-15-22-7-4-14-35-22/h1-3,5-6,8-11,22H,4,7,12-18H2,(H,29,33)/t22-/m1/s1. The summed E-state index contributed by atoms with van der Waals surface area (Å²) < 4.78 is 20.6. The number of rotatable bonds is 7. The van der Waals surface area contributed by atoms with Crippen LogP contribution in [0.25, 0.3) is 11.4 Å². The molecule has 8 heteroatoms. The van der Waals surface area contributed by atoms with E-state index in [4.69, 9.17) is 9.72 Å². The first-order valence-electron chi connectivity index (χ1n) is 12.1. The molecular weight excluding hydrogens is 447 g/mol. The summed E-state index contributed by atoms with van der Waals surface area (Å²) in [4.78, 5) is 33.4. The second-order valence-corrected chi connectivity index (χ2v) is 9.14. The Labute approximate surface area is 203 Å². The van der Waals surface area contributed by atoms with Gasteiger partial charge >= 0.3 is 0 Å². The summed E-state index contributed by atoms with van der Waals surface area (Å²) in [5, 5.41) is 2.88. The quantitative estimate of drug-likeness (QED) is 0.568. The second-order valence-electron chi connectivity index (χ2n) is 9.14. The molecule has 1 amide bonds. The molecule has 1 fully saturated rings. The van der Waals surface area contributed by atoms with Crippen LogP contribution >= 0.6 is 0 Å². The molecule has 1 saturated heterocycles. The number of carbonyl (C=O) groups is 1. The van der Waals surface area contributed by atoms with Crippen LogP contribution in [0.3, 0.4) is 0 Å². The van der Waals surface area contributed by atoms with Crippen LogP contribution in [0.15, 0.2) is 59.4 Å². The second kappa shape index (κ2) is 10.5. The third-order valence-electron chi connectivity index (χ3n) is 6.60. The molecule has 2 aliphatic rings. The maximum atomic E-state index is 13.6. The van der Waals surface area contributed by atoms with Crippen LogP contribution in [0.4, 0.5) is 4.39 Å². The molecular formula is C27H29FN4O3. The van der Waals surface area contributed by atoms with Gasteiger partial charge < -0.3 is 10.1 Å². The smallest absolute Gasteiger partial charge is 0.257 e. The number of nitrogens with one attached hydrogen (secondary N) is 1. The number of halogens is 1. The van der Waals surface area contributed by atoms with Gasteiger partial charge in [-0.05, 0) is 49.1 Å². The fourth-order valence-corrected chi connectivity index (χ4v) is 4.76. The van der Waals surface area contributed by atoms with Crippen LogP contribution < -0.4 is 10.9 Å². The molecule has 2 aromatic carbocycles. The van der Waals surface area contributed by atoms with E-state index < -0.39 is 0 Å². The van der Waals surface area contributed by atoms with E-state index in [9.17, 15) is 14.0 Å². The normalized spacial score (nSPS) is 17.8. The van der Waals surface area contributed by atoms with E-state index in [-0.39, 0.29) is 29.9 Å². The van der Waals surface area contributed by atoms with Crippen LogP contribution in [0.5, 0.6) is 0 Å². The molecule has 5 rings (SSSR count). The summed E-state index contributed by atoms with van der Waals surface area (Å²) in [6.07, 6.45) is 2.49. The summed E-state index contributed by atoms with van der Waals surface area (Å²) in [6.45, 7) is 3.03. The molecule has 0 radical (unpaired) electrons. The minimum atomic E-state index is -0.371. The van der Waals surface area contributed by atoms with Gasteiger partial charge in [-0.2, -0.15) is 0 Å². The van der Waals surface area contributed by atoms with E-state index in [0.717, 1.165) is 25.9 Å². The van der Waals surface area contributed by atoms with E-state index in [2.05, 4.69) is 22.3 Å². The Morgan fingerprint density at radius 2 is 1.94 bits per heavy atom. The third-order valence-corrected chi connectivity index (χ3v) is 6.60. The van der Waals surface area contributed by atoms with Crippen LogP contribution in [-0.4, -0.2) is 46.2 Å². The molecule has 0 aliphatic carbocycles. The van der Waals surface area contributed by atoms with Crippen molar-refractivity contribution in [1.29, 1.82) is 0 Å². The topological polar surface area (TPSA) is 76.5 Å². The zero-order valence-electron chi connectivity index (χ0n) is 19.6. The van der Waals surface area contributed by atoms with Crippen LogP contribution in [0, 0.1) is 5.82 Å². The maximum Gasteiger partial charge on any atom is 0.257 e. The monoisotopic (exact) mass is 476 g/mol. The first-order valence-corrected chi connectivity index (χ1v) is 12.1. The van der Waals surface area contributed by atoms with Gasteiger partial charge in [-0.15, -0.1) is 0 Å². The Morgan fingerprint density at radius 1 is 1.14 bits per heavy atom. The molecule has 1 aromatic heterocycles. The van der Waals surface area contributed by atoms with E-state index in [1.807, 2.05) is 18.2 Å². The number of nitrogens with zero attached hydrogens (tertiary/aromatic N) is 3. The van der Waals surface area contributed by atoms with Crippen molar-refractivity contribution in [3.63, 3.8) is 0 Å². The van der Waals surface area contributed by atoms with E-state index in [0.29, 0.717) is 48.8 Å². The van der Waals surface area contributed by atoms with Gasteiger partial charge in [-0.3, -0.25) is 19.1 Å². The van der Waals surface area contributed by atoms with Gasteiger partial charge in [0.15, 0.2) is 0 Å². The fourth-order valence-electron chi connectivity index (χ4n) is 4.76. The van der Waals surface area contributed by atoms with Gasteiger partial charge in [0, 0.05) is 43.9 Å². The van der Waals surface area contributed by atoms with Crippen molar-refractivity contribution < 1.29 is 13.9 Å². The molecule has 7 nitrogen and oxygen atoms in total. The zero-order chi connectivity index (χ0) is 24.2. The number of hydrogen-bond acceptors (Lipinski definition) is 5. The highest BCUT2D eigenvalue weighted by molar-refractivity contribution is 5.76. The summed E-state index contributed by atoms with van der Waals surface area (Å²) in [7, 11) is 0. The van der Waals surface area contributed by atoms with Crippen LogP contribution in [0.1, 0.15) is 29.7 Å². The Bertz CT molecular complexity index is 1240. The number of ether oxygens (including phenoxy) is 1. The summed E-state index contributed by atoms with van der Waals surface area (Å²) in [5.74, 6) is -0.263. The van der Waals surface area contributed by atoms with Gasteiger partial charge in [0.1, 0.15) is 18.2 Å². The zero-order valence-corrected chi connectivity index (χ0v) is 19.6. The Balaban J connectivity index is 1.42. The molecule has 0 unspecified atom stereocenters. The van der Waals surface area contributed by atoms with Crippen molar-refractivity contribution in [2.75, 3.05) is 19.7 Å². The van der Waals surface area contributed by atoms with Gasteiger partial charge in [0.2, 0.25) is 5.91 Å². The van der Waals surface area contributed by atoms with Crippen molar-refractivity contribution >= 4 is 5.91 Å². The van der Waals surface area contributed by atoms with Gasteiger partial charge in [0.25, 0.3) is 5.56 Å². The van der Waals surface area contributed by atoms with E-state index >= 15 is 0 Å². The molecule has 182 valence electrons. The summed E-state index contributed by atoms with van der Waals surface area (Å²) in [5.41, 5.74) is 2.95.